The third kappa shape index (κ3) is 5.06. The molecule has 1 aliphatic rings. The molecule has 1 aliphatic heterocycles. The van der Waals surface area contributed by atoms with Crippen molar-refractivity contribution in [3.05, 3.63) is 58.4 Å². The minimum Gasteiger partial charge on any atom is -0.376 e. The van der Waals surface area contributed by atoms with Crippen molar-refractivity contribution in [1.82, 2.24) is 5.43 Å². The third-order valence-corrected chi connectivity index (χ3v) is 6.17. The van der Waals surface area contributed by atoms with Gasteiger partial charge in [0.1, 0.15) is 5.82 Å². The number of nitrogens with one attached hydrogen (secondary N) is 2. The highest BCUT2D eigenvalue weighted by atomic mass is 19.1. The van der Waals surface area contributed by atoms with E-state index in [0.717, 1.165) is 35.5 Å². The van der Waals surface area contributed by atoms with Crippen molar-refractivity contribution >= 4 is 23.5 Å². The lowest BCUT2D eigenvalue weighted by atomic mass is 9.79. The number of hydrogen-bond donors (Lipinski definition) is 2. The van der Waals surface area contributed by atoms with Crippen LogP contribution in [0, 0.1) is 19.7 Å². The van der Waals surface area contributed by atoms with Crippen LogP contribution in [0.4, 0.5) is 15.8 Å². The number of hydrazone groups is 1. The van der Waals surface area contributed by atoms with Crippen LogP contribution in [-0.4, -0.2) is 30.8 Å². The number of hydrogen-bond acceptors (Lipinski definition) is 4. The molecule has 31 heavy (non-hydrogen) atoms. The first kappa shape index (κ1) is 22.8. The average molecular weight is 425 g/mol. The Labute approximate surface area is 184 Å². The van der Waals surface area contributed by atoms with E-state index in [2.05, 4.69) is 48.4 Å². The van der Waals surface area contributed by atoms with Crippen LogP contribution in [0.3, 0.4) is 0 Å². The van der Waals surface area contributed by atoms with Gasteiger partial charge in [0.05, 0.1) is 12.8 Å². The molecule has 1 heterocycles. The molecule has 2 aromatic carbocycles. The third-order valence-electron chi connectivity index (χ3n) is 6.17. The number of fused-ring (bicyclic) bond motifs is 1. The van der Waals surface area contributed by atoms with Gasteiger partial charge in [-0.1, -0.05) is 13.0 Å². The molecule has 2 N–H and O–H groups in total. The first-order valence-corrected chi connectivity index (χ1v) is 10.9. The predicted octanol–water partition coefficient (Wildman–Crippen LogP) is 5.12. The van der Waals surface area contributed by atoms with Crippen molar-refractivity contribution in [2.24, 2.45) is 5.10 Å². The maximum Gasteiger partial charge on any atom is 0.259 e. The second-order valence-electron chi connectivity index (χ2n) is 9.04. The number of carbonyl (C=O) groups excluding carboxylic acids is 1. The Morgan fingerprint density at radius 3 is 2.68 bits per heavy atom. The van der Waals surface area contributed by atoms with Gasteiger partial charge in [0.15, 0.2) is 0 Å². The molecular weight excluding hydrogens is 391 g/mol. The Hall–Kier alpha value is -2.89. The molecule has 166 valence electrons. The SMILES string of the molecule is CCN1c2cc(F)c(/C=N\NC(=O)CNc3ccc(C)c(C)c3)cc2C(C)CC1(C)C. The van der Waals surface area contributed by atoms with Crippen LogP contribution in [0.2, 0.25) is 0 Å². The summed E-state index contributed by atoms with van der Waals surface area (Å²) in [7, 11) is 0. The van der Waals surface area contributed by atoms with Crippen molar-refractivity contribution in [2.45, 2.75) is 59.4 Å². The van der Waals surface area contributed by atoms with Gasteiger partial charge in [-0.05, 0) is 87.9 Å². The van der Waals surface area contributed by atoms with Crippen LogP contribution in [0.25, 0.3) is 0 Å². The van der Waals surface area contributed by atoms with Crippen LogP contribution in [0.15, 0.2) is 35.4 Å². The number of carbonyl (C=O) groups is 1. The highest BCUT2D eigenvalue weighted by Gasteiger charge is 2.36. The lowest BCUT2D eigenvalue weighted by molar-refractivity contribution is -0.119. The summed E-state index contributed by atoms with van der Waals surface area (Å²) in [4.78, 5) is 14.4. The molecule has 0 aromatic heterocycles. The maximum atomic E-state index is 14.8. The molecular formula is C25H33FN4O. The molecule has 1 amide bonds. The largest absolute Gasteiger partial charge is 0.376 e. The summed E-state index contributed by atoms with van der Waals surface area (Å²) in [6, 6.07) is 9.39. The molecule has 0 saturated heterocycles. The van der Waals surface area contributed by atoms with Gasteiger partial charge in [-0.2, -0.15) is 5.10 Å². The summed E-state index contributed by atoms with van der Waals surface area (Å²) in [5, 5.41) is 7.04. The fourth-order valence-corrected chi connectivity index (χ4v) is 4.47. The first-order chi connectivity index (χ1) is 14.6. The van der Waals surface area contributed by atoms with Crippen LogP contribution in [0.5, 0.6) is 0 Å². The smallest absolute Gasteiger partial charge is 0.259 e. The Kier molecular flexibility index (Phi) is 6.68. The van der Waals surface area contributed by atoms with E-state index in [9.17, 15) is 9.18 Å². The maximum absolute atomic E-state index is 14.8. The van der Waals surface area contributed by atoms with Gasteiger partial charge in [0.25, 0.3) is 5.91 Å². The molecule has 0 bridgehead atoms. The van der Waals surface area contributed by atoms with Gasteiger partial charge in [0.2, 0.25) is 0 Å². The van der Waals surface area contributed by atoms with E-state index in [-0.39, 0.29) is 23.8 Å². The van der Waals surface area contributed by atoms with E-state index in [1.165, 1.54) is 11.8 Å². The normalized spacial score (nSPS) is 17.5. The monoisotopic (exact) mass is 424 g/mol. The fourth-order valence-electron chi connectivity index (χ4n) is 4.47. The summed E-state index contributed by atoms with van der Waals surface area (Å²) in [6.07, 6.45) is 2.38. The zero-order valence-electron chi connectivity index (χ0n) is 19.3. The number of aryl methyl sites for hydroxylation is 2. The van der Waals surface area contributed by atoms with E-state index >= 15 is 0 Å². The van der Waals surface area contributed by atoms with Crippen molar-refractivity contribution in [1.29, 1.82) is 0 Å². The minimum absolute atomic E-state index is 0.0137. The van der Waals surface area contributed by atoms with E-state index in [1.807, 2.05) is 38.1 Å². The van der Waals surface area contributed by atoms with Gasteiger partial charge in [0, 0.05) is 29.0 Å². The summed E-state index contributed by atoms with van der Waals surface area (Å²) in [5.74, 6) is -0.314. The van der Waals surface area contributed by atoms with Crippen molar-refractivity contribution in [3.8, 4) is 0 Å². The van der Waals surface area contributed by atoms with Crippen molar-refractivity contribution in [3.63, 3.8) is 0 Å². The zero-order chi connectivity index (χ0) is 22.8. The molecule has 3 rings (SSSR count). The topological polar surface area (TPSA) is 56.7 Å². The van der Waals surface area contributed by atoms with Crippen LogP contribution in [0.1, 0.15) is 62.3 Å². The number of nitrogens with zero attached hydrogens (tertiary/aromatic N) is 2. The lowest BCUT2D eigenvalue weighted by Crippen LogP contribution is -2.48. The predicted molar refractivity (Wildman–Crippen MR) is 127 cm³/mol. The molecule has 6 heteroatoms. The standard InChI is InChI=1S/C25H33FN4O/c1-7-30-23-12-22(26)19(11-21(23)18(4)13-25(30,5)6)14-28-29-24(31)15-27-20-9-8-16(2)17(3)10-20/h8-12,14,18,27H,7,13,15H2,1-6H3,(H,29,31)/b28-14-. The molecule has 0 aliphatic carbocycles. The molecule has 0 radical (unpaired) electrons. The quantitative estimate of drug-likeness (QED) is 0.500. The summed E-state index contributed by atoms with van der Waals surface area (Å²) < 4.78 is 14.8. The zero-order valence-corrected chi connectivity index (χ0v) is 19.3. The van der Waals surface area contributed by atoms with Gasteiger partial charge in [-0.25, -0.2) is 9.82 Å². The Balaban J connectivity index is 1.66. The van der Waals surface area contributed by atoms with Crippen LogP contribution < -0.4 is 15.6 Å². The van der Waals surface area contributed by atoms with Crippen molar-refractivity contribution < 1.29 is 9.18 Å². The van der Waals surface area contributed by atoms with Crippen molar-refractivity contribution in [2.75, 3.05) is 23.3 Å². The number of amides is 1. The Morgan fingerprint density at radius 1 is 1.26 bits per heavy atom. The van der Waals surface area contributed by atoms with E-state index < -0.39 is 0 Å². The molecule has 2 aromatic rings. The van der Waals surface area contributed by atoms with E-state index in [4.69, 9.17) is 0 Å². The highest BCUT2D eigenvalue weighted by molar-refractivity contribution is 5.85. The molecule has 0 fully saturated rings. The van der Waals surface area contributed by atoms with E-state index in [1.54, 1.807) is 6.07 Å². The van der Waals surface area contributed by atoms with E-state index in [0.29, 0.717) is 11.5 Å². The van der Waals surface area contributed by atoms with Gasteiger partial charge >= 0.3 is 0 Å². The number of halogens is 1. The minimum atomic E-state index is -0.339. The van der Waals surface area contributed by atoms with Crippen LogP contribution >= 0.6 is 0 Å². The highest BCUT2D eigenvalue weighted by Crippen LogP contribution is 2.43. The van der Waals surface area contributed by atoms with Gasteiger partial charge in [-0.15, -0.1) is 0 Å². The summed E-state index contributed by atoms with van der Waals surface area (Å²) in [5.41, 5.74) is 8.13. The number of anilines is 2. The molecule has 0 saturated carbocycles. The number of benzene rings is 2. The molecule has 1 atom stereocenters. The number of rotatable bonds is 6. The second kappa shape index (κ2) is 9.08. The fraction of sp³-hybridized carbons (Fsp3) is 0.440. The van der Waals surface area contributed by atoms with Gasteiger partial charge in [-0.3, -0.25) is 4.79 Å². The molecule has 5 nitrogen and oxygen atoms in total. The Morgan fingerprint density at radius 2 is 2.00 bits per heavy atom. The summed E-state index contributed by atoms with van der Waals surface area (Å²) >= 11 is 0. The second-order valence-corrected chi connectivity index (χ2v) is 9.04. The first-order valence-electron chi connectivity index (χ1n) is 10.9. The average Bonchev–Trinajstić information content (AvgIpc) is 2.69. The lowest BCUT2D eigenvalue weighted by Gasteiger charge is -2.47. The molecule has 1 unspecified atom stereocenters. The van der Waals surface area contributed by atoms with Gasteiger partial charge < -0.3 is 10.2 Å². The van der Waals surface area contributed by atoms with Crippen LogP contribution in [-0.2, 0) is 4.79 Å². The molecule has 0 spiro atoms. The summed E-state index contributed by atoms with van der Waals surface area (Å²) in [6.45, 7) is 13.6. The Bertz CT molecular complexity index is 999.